The zero-order valence-corrected chi connectivity index (χ0v) is 17.1. The van der Waals surface area contributed by atoms with Crippen molar-refractivity contribution in [1.82, 2.24) is 14.7 Å². The average molecular weight is 376 g/mol. The van der Waals surface area contributed by atoms with Gasteiger partial charge < -0.3 is 14.5 Å². The molecule has 0 N–H and O–H groups in total. The van der Waals surface area contributed by atoms with Gasteiger partial charge in [0.25, 0.3) is 0 Å². The molecule has 27 heavy (non-hydrogen) atoms. The Labute approximate surface area is 163 Å². The number of para-hydroxylation sites is 1. The molecule has 2 amide bonds. The molecular formula is C21H33N3O3. The van der Waals surface area contributed by atoms with Gasteiger partial charge in [-0.2, -0.15) is 0 Å². The Morgan fingerprint density at radius 1 is 1.07 bits per heavy atom. The maximum Gasteiger partial charge on any atom is 0.236 e. The van der Waals surface area contributed by atoms with Gasteiger partial charge in [0.05, 0.1) is 13.2 Å². The minimum atomic E-state index is -0.347. The summed E-state index contributed by atoms with van der Waals surface area (Å²) >= 11 is 0. The second-order valence-electron chi connectivity index (χ2n) is 8.15. The number of piperazine rings is 1. The van der Waals surface area contributed by atoms with E-state index in [1.807, 2.05) is 63.1 Å². The minimum Gasteiger partial charge on any atom is -0.494 e. The van der Waals surface area contributed by atoms with Gasteiger partial charge >= 0.3 is 0 Å². The highest BCUT2D eigenvalue weighted by Gasteiger charge is 2.30. The van der Waals surface area contributed by atoms with Crippen molar-refractivity contribution in [2.45, 2.75) is 27.2 Å². The van der Waals surface area contributed by atoms with Crippen LogP contribution in [0.5, 0.6) is 5.75 Å². The number of carbonyl (C=O) groups excluding carboxylic acids is 2. The fourth-order valence-electron chi connectivity index (χ4n) is 3.03. The lowest BCUT2D eigenvalue weighted by Crippen LogP contribution is -2.53. The minimum absolute atomic E-state index is 0.116. The Hall–Kier alpha value is -2.08. The average Bonchev–Trinajstić information content (AvgIpc) is 2.65. The Bertz CT molecular complexity index is 605. The van der Waals surface area contributed by atoms with Crippen molar-refractivity contribution < 1.29 is 14.3 Å². The number of likely N-dealkylation sites (N-methyl/N-ethyl adjacent to an activating group) is 1. The zero-order valence-electron chi connectivity index (χ0n) is 17.1. The van der Waals surface area contributed by atoms with Gasteiger partial charge in [-0.25, -0.2) is 0 Å². The van der Waals surface area contributed by atoms with Crippen molar-refractivity contribution in [2.75, 3.05) is 52.9 Å². The van der Waals surface area contributed by atoms with E-state index in [2.05, 4.69) is 4.90 Å². The molecule has 0 unspecified atom stereocenters. The van der Waals surface area contributed by atoms with E-state index in [4.69, 9.17) is 4.74 Å². The van der Waals surface area contributed by atoms with Gasteiger partial charge in [-0.05, 0) is 18.6 Å². The third-order valence-corrected chi connectivity index (χ3v) is 4.74. The highest BCUT2D eigenvalue weighted by atomic mass is 16.5. The zero-order chi connectivity index (χ0) is 19.9. The molecule has 1 saturated heterocycles. The van der Waals surface area contributed by atoms with Gasteiger partial charge in [-0.3, -0.25) is 14.5 Å². The van der Waals surface area contributed by atoms with E-state index in [0.29, 0.717) is 32.8 Å². The van der Waals surface area contributed by atoms with E-state index in [1.54, 1.807) is 4.90 Å². The summed E-state index contributed by atoms with van der Waals surface area (Å²) in [5, 5.41) is 0. The van der Waals surface area contributed by atoms with Crippen LogP contribution < -0.4 is 4.74 Å². The van der Waals surface area contributed by atoms with Crippen molar-refractivity contribution in [3.05, 3.63) is 30.3 Å². The van der Waals surface area contributed by atoms with Gasteiger partial charge in [0.15, 0.2) is 0 Å². The predicted octanol–water partition coefficient (Wildman–Crippen LogP) is 2.10. The summed E-state index contributed by atoms with van der Waals surface area (Å²) in [5.74, 6) is 1.16. The van der Waals surface area contributed by atoms with E-state index in [1.165, 1.54) is 0 Å². The number of hydrogen-bond acceptors (Lipinski definition) is 4. The molecule has 1 aliphatic heterocycles. The smallest absolute Gasteiger partial charge is 0.236 e. The van der Waals surface area contributed by atoms with Gasteiger partial charge in [0.2, 0.25) is 11.8 Å². The number of ether oxygens (including phenoxy) is 1. The molecule has 1 fully saturated rings. The van der Waals surface area contributed by atoms with E-state index in [-0.39, 0.29) is 17.2 Å². The third-order valence-electron chi connectivity index (χ3n) is 4.74. The molecule has 0 aliphatic carbocycles. The molecule has 150 valence electrons. The number of benzene rings is 1. The van der Waals surface area contributed by atoms with Crippen molar-refractivity contribution in [3.63, 3.8) is 0 Å². The third kappa shape index (κ3) is 6.86. The summed E-state index contributed by atoms with van der Waals surface area (Å²) in [6.07, 6.45) is 0.797. The van der Waals surface area contributed by atoms with Crippen molar-refractivity contribution in [1.29, 1.82) is 0 Å². The summed E-state index contributed by atoms with van der Waals surface area (Å²) in [6.45, 7) is 10.4. The molecule has 0 atom stereocenters. The molecule has 1 heterocycles. The van der Waals surface area contributed by atoms with Gasteiger partial charge in [0.1, 0.15) is 5.75 Å². The second-order valence-corrected chi connectivity index (χ2v) is 8.15. The Kier molecular flexibility index (Phi) is 7.66. The number of amides is 2. The van der Waals surface area contributed by atoms with Gasteiger partial charge in [-0.15, -0.1) is 0 Å². The topological polar surface area (TPSA) is 53.1 Å². The number of nitrogens with zero attached hydrogens (tertiary/aromatic N) is 3. The van der Waals surface area contributed by atoms with Crippen LogP contribution in [0.25, 0.3) is 0 Å². The van der Waals surface area contributed by atoms with Crippen LogP contribution in [-0.2, 0) is 9.59 Å². The second kappa shape index (κ2) is 9.74. The van der Waals surface area contributed by atoms with Crippen molar-refractivity contribution in [2.24, 2.45) is 5.41 Å². The molecule has 0 saturated carbocycles. The first-order chi connectivity index (χ1) is 12.8. The Balaban J connectivity index is 1.64. The molecular weight excluding hydrogens is 342 g/mol. The summed E-state index contributed by atoms with van der Waals surface area (Å²) in [4.78, 5) is 30.5. The highest BCUT2D eigenvalue weighted by molar-refractivity contribution is 5.81. The molecule has 0 spiro atoms. The molecule has 0 radical (unpaired) electrons. The molecule has 0 aromatic heterocycles. The van der Waals surface area contributed by atoms with Crippen LogP contribution in [0.2, 0.25) is 0 Å². The fraction of sp³-hybridized carbons (Fsp3) is 0.619. The number of hydrogen-bond donors (Lipinski definition) is 0. The summed E-state index contributed by atoms with van der Waals surface area (Å²) < 4.78 is 5.66. The molecule has 1 aromatic rings. The molecule has 1 aromatic carbocycles. The van der Waals surface area contributed by atoms with Crippen molar-refractivity contribution in [3.8, 4) is 5.75 Å². The molecule has 6 nitrogen and oxygen atoms in total. The molecule has 1 aliphatic rings. The van der Waals surface area contributed by atoms with E-state index in [0.717, 1.165) is 25.3 Å². The van der Waals surface area contributed by atoms with Crippen LogP contribution in [0, 0.1) is 5.41 Å². The SMILES string of the molecule is CN(CCCOc1ccccc1)C(=O)CN1CCN(C(=O)C(C)(C)C)CC1. The first kappa shape index (κ1) is 21.2. The number of rotatable bonds is 7. The molecule has 2 rings (SSSR count). The summed E-state index contributed by atoms with van der Waals surface area (Å²) in [5.41, 5.74) is -0.347. The largest absolute Gasteiger partial charge is 0.494 e. The van der Waals surface area contributed by atoms with E-state index >= 15 is 0 Å². The van der Waals surface area contributed by atoms with Crippen molar-refractivity contribution >= 4 is 11.8 Å². The predicted molar refractivity (Wildman–Crippen MR) is 107 cm³/mol. The summed E-state index contributed by atoms with van der Waals surface area (Å²) in [7, 11) is 1.84. The first-order valence-electron chi connectivity index (χ1n) is 9.71. The lowest BCUT2D eigenvalue weighted by atomic mass is 9.94. The fourth-order valence-corrected chi connectivity index (χ4v) is 3.03. The van der Waals surface area contributed by atoms with Crippen LogP contribution in [0.3, 0.4) is 0 Å². The van der Waals surface area contributed by atoms with Crippen LogP contribution in [0.1, 0.15) is 27.2 Å². The van der Waals surface area contributed by atoms with Crippen LogP contribution >= 0.6 is 0 Å². The molecule has 6 heteroatoms. The monoisotopic (exact) mass is 375 g/mol. The van der Waals surface area contributed by atoms with Gasteiger partial charge in [0, 0.05) is 45.2 Å². The lowest BCUT2D eigenvalue weighted by molar-refractivity contribution is -0.141. The highest BCUT2D eigenvalue weighted by Crippen LogP contribution is 2.18. The number of carbonyl (C=O) groups is 2. The Morgan fingerprint density at radius 2 is 1.70 bits per heavy atom. The quantitative estimate of drug-likeness (QED) is 0.685. The van der Waals surface area contributed by atoms with Gasteiger partial charge in [-0.1, -0.05) is 39.0 Å². The summed E-state index contributed by atoms with van der Waals surface area (Å²) in [6, 6.07) is 9.70. The normalized spacial score (nSPS) is 15.5. The van der Waals surface area contributed by atoms with Crippen LogP contribution in [0.15, 0.2) is 30.3 Å². The maximum atomic E-state index is 12.4. The van der Waals surface area contributed by atoms with Crippen LogP contribution in [0.4, 0.5) is 0 Å². The first-order valence-corrected chi connectivity index (χ1v) is 9.71. The van der Waals surface area contributed by atoms with E-state index in [9.17, 15) is 9.59 Å². The standard InChI is InChI=1S/C21H33N3O3/c1-21(2,3)20(26)24-14-12-23(13-15-24)17-19(25)22(4)11-8-16-27-18-9-6-5-7-10-18/h5-7,9-10H,8,11-17H2,1-4H3. The Morgan fingerprint density at radius 3 is 2.30 bits per heavy atom. The van der Waals surface area contributed by atoms with E-state index < -0.39 is 0 Å². The van der Waals surface area contributed by atoms with Crippen LogP contribution in [-0.4, -0.2) is 79.4 Å². The molecule has 0 bridgehead atoms. The maximum absolute atomic E-state index is 12.4. The lowest BCUT2D eigenvalue weighted by Gasteiger charge is -2.37.